The highest BCUT2D eigenvalue weighted by atomic mass is 16.5. The van der Waals surface area contributed by atoms with E-state index >= 15 is 0 Å². The van der Waals surface area contributed by atoms with Gasteiger partial charge >= 0.3 is 6.03 Å². The number of fused-ring (bicyclic) bond motifs is 1. The predicted molar refractivity (Wildman–Crippen MR) is 104 cm³/mol. The second kappa shape index (κ2) is 8.20. The number of hydrogen-bond donors (Lipinski definition) is 2. The van der Waals surface area contributed by atoms with Gasteiger partial charge in [0.25, 0.3) is 0 Å². The molecule has 27 heavy (non-hydrogen) atoms. The summed E-state index contributed by atoms with van der Waals surface area (Å²) in [6.45, 7) is 4.78. The second-order valence-corrected chi connectivity index (χ2v) is 6.55. The van der Waals surface area contributed by atoms with Crippen molar-refractivity contribution in [2.24, 2.45) is 0 Å². The van der Waals surface area contributed by atoms with Crippen LogP contribution in [0.3, 0.4) is 0 Å². The lowest BCUT2D eigenvalue weighted by Gasteiger charge is -2.27. The molecule has 2 aromatic carbocycles. The zero-order valence-corrected chi connectivity index (χ0v) is 15.1. The Bertz CT molecular complexity index is 917. The zero-order valence-electron chi connectivity index (χ0n) is 15.1. The summed E-state index contributed by atoms with van der Waals surface area (Å²) in [4.78, 5) is 19.0. The number of amides is 2. The number of rotatable bonds is 5. The molecule has 4 rings (SSSR count). The lowest BCUT2D eigenvalue weighted by atomic mass is 10.1. The summed E-state index contributed by atoms with van der Waals surface area (Å²) in [6, 6.07) is 15.6. The summed E-state index contributed by atoms with van der Waals surface area (Å²) in [5.74, 6) is 0. The van der Waals surface area contributed by atoms with Crippen molar-refractivity contribution in [1.82, 2.24) is 19.9 Å². The van der Waals surface area contributed by atoms with Crippen molar-refractivity contribution >= 4 is 17.1 Å². The molecule has 7 heteroatoms. The molecule has 140 valence electrons. The molecule has 2 amide bonds. The minimum atomic E-state index is -0.265. The highest BCUT2D eigenvalue weighted by Crippen LogP contribution is 2.13. The van der Waals surface area contributed by atoms with Gasteiger partial charge in [0.1, 0.15) is 6.33 Å². The van der Waals surface area contributed by atoms with Crippen molar-refractivity contribution in [3.8, 4) is 0 Å². The van der Waals surface area contributed by atoms with E-state index in [-0.39, 0.29) is 6.03 Å². The quantitative estimate of drug-likeness (QED) is 0.728. The Morgan fingerprint density at radius 3 is 2.63 bits per heavy atom. The number of nitrogens with zero attached hydrogens (tertiary/aromatic N) is 3. The van der Waals surface area contributed by atoms with Gasteiger partial charge in [0.05, 0.1) is 24.2 Å². The van der Waals surface area contributed by atoms with E-state index in [1.807, 2.05) is 36.4 Å². The summed E-state index contributed by atoms with van der Waals surface area (Å²) in [5, 5.41) is 2.94. The van der Waals surface area contributed by atoms with Crippen LogP contribution in [0.25, 0.3) is 11.0 Å². The number of imidazole rings is 1. The molecule has 0 spiro atoms. The normalized spacial score (nSPS) is 15.0. The molecule has 1 aliphatic rings. The number of carbonyl (C=O) groups is 1. The lowest BCUT2D eigenvalue weighted by Crippen LogP contribution is -2.36. The first-order valence-electron chi connectivity index (χ1n) is 9.13. The summed E-state index contributed by atoms with van der Waals surface area (Å²) in [7, 11) is 0. The highest BCUT2D eigenvalue weighted by molar-refractivity contribution is 5.85. The van der Waals surface area contributed by atoms with Gasteiger partial charge in [0, 0.05) is 26.2 Å². The first-order chi connectivity index (χ1) is 13.3. The van der Waals surface area contributed by atoms with E-state index in [2.05, 4.69) is 32.8 Å². The predicted octanol–water partition coefficient (Wildman–Crippen LogP) is 2.32. The van der Waals surface area contributed by atoms with E-state index < -0.39 is 0 Å². The van der Waals surface area contributed by atoms with Gasteiger partial charge in [0.2, 0.25) is 0 Å². The Labute approximate surface area is 157 Å². The first-order valence-corrected chi connectivity index (χ1v) is 9.13. The van der Waals surface area contributed by atoms with Gasteiger partial charge in [-0.1, -0.05) is 36.4 Å². The molecular weight excluding hydrogens is 342 g/mol. The summed E-state index contributed by atoms with van der Waals surface area (Å²) >= 11 is 0. The number of aromatic nitrogens is 2. The lowest BCUT2D eigenvalue weighted by molar-refractivity contribution is 0.0341. The van der Waals surface area contributed by atoms with E-state index in [0.717, 1.165) is 49.4 Å². The van der Waals surface area contributed by atoms with Crippen LogP contribution in [0, 0.1) is 0 Å². The Balaban J connectivity index is 1.37. The molecule has 0 aliphatic carbocycles. The van der Waals surface area contributed by atoms with Crippen LogP contribution >= 0.6 is 0 Å². The van der Waals surface area contributed by atoms with E-state index in [9.17, 15) is 4.79 Å². The van der Waals surface area contributed by atoms with Crippen LogP contribution in [0.5, 0.6) is 0 Å². The van der Waals surface area contributed by atoms with Crippen LogP contribution in [0.2, 0.25) is 0 Å². The van der Waals surface area contributed by atoms with Gasteiger partial charge in [-0.25, -0.2) is 19.9 Å². The standard InChI is InChI=1S/C20H23N5O2/c26-20(23-25-15-22-18-7-3-4-8-19(18)25)21-13-16-5-1-2-6-17(16)14-24-9-11-27-12-10-24/h1-8,15H,9-14H2,(H2,21,23,26). The van der Waals surface area contributed by atoms with Crippen LogP contribution < -0.4 is 10.7 Å². The molecule has 2 N–H and O–H groups in total. The zero-order chi connectivity index (χ0) is 18.5. The van der Waals surface area contributed by atoms with Gasteiger partial charge in [-0.3, -0.25) is 4.90 Å². The fraction of sp³-hybridized carbons (Fsp3) is 0.300. The first kappa shape index (κ1) is 17.5. The number of nitrogens with one attached hydrogen (secondary N) is 2. The maximum atomic E-state index is 12.3. The third-order valence-corrected chi connectivity index (χ3v) is 4.73. The number of benzene rings is 2. The number of carbonyl (C=O) groups excluding carboxylic acids is 1. The van der Waals surface area contributed by atoms with Crippen molar-refractivity contribution < 1.29 is 9.53 Å². The molecule has 1 aromatic heterocycles. The maximum Gasteiger partial charge on any atom is 0.334 e. The molecule has 0 unspecified atom stereocenters. The van der Waals surface area contributed by atoms with E-state index in [1.165, 1.54) is 5.56 Å². The minimum Gasteiger partial charge on any atom is -0.379 e. The van der Waals surface area contributed by atoms with Gasteiger partial charge in [0.15, 0.2) is 0 Å². The fourth-order valence-corrected chi connectivity index (χ4v) is 3.26. The average Bonchev–Trinajstić information content (AvgIpc) is 3.11. The van der Waals surface area contributed by atoms with E-state index in [0.29, 0.717) is 6.54 Å². The Morgan fingerprint density at radius 1 is 1.04 bits per heavy atom. The molecule has 1 fully saturated rings. The van der Waals surface area contributed by atoms with Crippen molar-refractivity contribution in [2.75, 3.05) is 31.7 Å². The van der Waals surface area contributed by atoms with Crippen LogP contribution in [0.1, 0.15) is 11.1 Å². The molecule has 0 atom stereocenters. The van der Waals surface area contributed by atoms with Gasteiger partial charge < -0.3 is 10.1 Å². The Morgan fingerprint density at radius 2 is 1.78 bits per heavy atom. The van der Waals surface area contributed by atoms with Crippen molar-refractivity contribution in [3.05, 3.63) is 66.0 Å². The third-order valence-electron chi connectivity index (χ3n) is 4.73. The third kappa shape index (κ3) is 4.27. The molecular formula is C20H23N5O2. The smallest absolute Gasteiger partial charge is 0.334 e. The van der Waals surface area contributed by atoms with Crippen LogP contribution in [-0.2, 0) is 17.8 Å². The second-order valence-electron chi connectivity index (χ2n) is 6.55. The number of morpholine rings is 1. The topological polar surface area (TPSA) is 71.4 Å². The minimum absolute atomic E-state index is 0.265. The van der Waals surface area contributed by atoms with Crippen molar-refractivity contribution in [2.45, 2.75) is 13.1 Å². The SMILES string of the molecule is O=C(NCc1ccccc1CN1CCOCC1)Nn1cnc2ccccc21. The molecule has 3 aromatic rings. The number of hydrogen-bond acceptors (Lipinski definition) is 4. The summed E-state index contributed by atoms with van der Waals surface area (Å²) < 4.78 is 7.04. The highest BCUT2D eigenvalue weighted by Gasteiger charge is 2.13. The average molecular weight is 365 g/mol. The largest absolute Gasteiger partial charge is 0.379 e. The summed E-state index contributed by atoms with van der Waals surface area (Å²) in [6.07, 6.45) is 1.61. The van der Waals surface area contributed by atoms with Gasteiger partial charge in [-0.2, -0.15) is 0 Å². The fourth-order valence-electron chi connectivity index (χ4n) is 3.26. The number of urea groups is 1. The molecule has 0 radical (unpaired) electrons. The molecule has 0 saturated carbocycles. The van der Waals surface area contributed by atoms with Crippen LogP contribution in [0.15, 0.2) is 54.9 Å². The van der Waals surface area contributed by atoms with Crippen LogP contribution in [0.4, 0.5) is 4.79 Å². The molecule has 2 heterocycles. The van der Waals surface area contributed by atoms with Gasteiger partial charge in [-0.05, 0) is 23.3 Å². The van der Waals surface area contributed by atoms with Crippen molar-refractivity contribution in [3.63, 3.8) is 0 Å². The van der Waals surface area contributed by atoms with Gasteiger partial charge in [-0.15, -0.1) is 0 Å². The molecule has 7 nitrogen and oxygen atoms in total. The van der Waals surface area contributed by atoms with E-state index in [1.54, 1.807) is 11.0 Å². The van der Waals surface area contributed by atoms with Crippen molar-refractivity contribution in [1.29, 1.82) is 0 Å². The summed E-state index contributed by atoms with van der Waals surface area (Å²) in [5.41, 5.74) is 6.87. The van der Waals surface area contributed by atoms with E-state index in [4.69, 9.17) is 4.74 Å². The number of para-hydroxylation sites is 2. The molecule has 1 aliphatic heterocycles. The monoisotopic (exact) mass is 365 g/mol. The maximum absolute atomic E-state index is 12.3. The molecule has 1 saturated heterocycles. The van der Waals surface area contributed by atoms with Crippen LogP contribution in [-0.4, -0.2) is 46.9 Å². The molecule has 0 bridgehead atoms. The number of ether oxygens (including phenoxy) is 1. The Hall–Kier alpha value is -2.90. The Kier molecular flexibility index (Phi) is 5.32.